The van der Waals surface area contributed by atoms with Gasteiger partial charge in [-0.1, -0.05) is 13.8 Å². The van der Waals surface area contributed by atoms with Gasteiger partial charge in [0, 0.05) is 10.3 Å². The zero-order valence-electron chi connectivity index (χ0n) is 13.2. The monoisotopic (exact) mass is 318 g/mol. The number of nitrogens with zero attached hydrogens (tertiary/aromatic N) is 1. The van der Waals surface area contributed by atoms with Crippen LogP contribution in [-0.2, 0) is 22.4 Å². The van der Waals surface area contributed by atoms with E-state index in [2.05, 4.69) is 10.3 Å². The molecule has 0 saturated heterocycles. The summed E-state index contributed by atoms with van der Waals surface area (Å²) in [6, 6.07) is 0. The van der Waals surface area contributed by atoms with Gasteiger partial charge in [-0.25, -0.2) is 4.98 Å². The number of hydrogen-bond acceptors (Lipinski definition) is 4. The Bertz CT molecular complexity index is 640. The van der Waals surface area contributed by atoms with Gasteiger partial charge in [0.05, 0.1) is 5.69 Å². The number of thiazole rings is 1. The third-order valence-corrected chi connectivity index (χ3v) is 7.13. The number of fused-ring (bicyclic) bond motifs is 3. The number of carbonyl (C=O) groups is 2. The van der Waals surface area contributed by atoms with E-state index in [0.29, 0.717) is 17.5 Å². The lowest BCUT2D eigenvalue weighted by Crippen LogP contribution is -2.44. The van der Waals surface area contributed by atoms with Crippen molar-refractivity contribution >= 4 is 28.2 Å². The van der Waals surface area contributed by atoms with E-state index in [4.69, 9.17) is 0 Å². The molecule has 5 heteroatoms. The van der Waals surface area contributed by atoms with Crippen molar-refractivity contribution in [2.75, 3.05) is 5.32 Å². The van der Waals surface area contributed by atoms with Gasteiger partial charge in [0.1, 0.15) is 5.41 Å². The van der Waals surface area contributed by atoms with Crippen LogP contribution < -0.4 is 5.32 Å². The number of anilines is 1. The number of ketones is 1. The van der Waals surface area contributed by atoms with E-state index in [1.807, 2.05) is 13.8 Å². The normalized spacial score (nSPS) is 32.1. The van der Waals surface area contributed by atoms with Gasteiger partial charge in [-0.05, 0) is 50.9 Å². The first-order chi connectivity index (χ1) is 10.4. The molecule has 0 spiro atoms. The summed E-state index contributed by atoms with van der Waals surface area (Å²) in [4.78, 5) is 31.5. The molecule has 0 aromatic carbocycles. The van der Waals surface area contributed by atoms with E-state index in [1.54, 1.807) is 11.3 Å². The highest BCUT2D eigenvalue weighted by molar-refractivity contribution is 7.15. The zero-order chi connectivity index (χ0) is 15.5. The summed E-state index contributed by atoms with van der Waals surface area (Å²) in [5, 5.41) is 3.66. The Hall–Kier alpha value is -1.23. The minimum absolute atomic E-state index is 0.114. The van der Waals surface area contributed by atoms with Crippen LogP contribution in [0.25, 0.3) is 0 Å². The minimum atomic E-state index is -0.791. The van der Waals surface area contributed by atoms with Gasteiger partial charge in [-0.15, -0.1) is 11.3 Å². The number of carbonyl (C=O) groups excluding carboxylic acids is 2. The van der Waals surface area contributed by atoms with Crippen LogP contribution in [-0.4, -0.2) is 16.7 Å². The first-order valence-corrected chi connectivity index (χ1v) is 9.10. The molecule has 1 aromatic rings. The molecule has 1 N–H and O–H groups in total. The van der Waals surface area contributed by atoms with Gasteiger partial charge in [-0.2, -0.15) is 0 Å². The third-order valence-electron chi connectivity index (χ3n) is 6.06. The second-order valence-corrected chi connectivity index (χ2v) is 8.71. The molecule has 2 saturated carbocycles. The quantitative estimate of drug-likeness (QED) is 0.851. The molecular formula is C17H22N2O2S. The number of aryl methyl sites for hydroxylation is 2. The van der Waals surface area contributed by atoms with Crippen LogP contribution in [0.5, 0.6) is 0 Å². The smallest absolute Gasteiger partial charge is 0.239 e. The van der Waals surface area contributed by atoms with Crippen molar-refractivity contribution in [3.8, 4) is 0 Å². The molecular weight excluding hydrogens is 296 g/mol. The van der Waals surface area contributed by atoms with Crippen molar-refractivity contribution in [1.29, 1.82) is 0 Å². The summed E-state index contributed by atoms with van der Waals surface area (Å²) in [7, 11) is 0. The number of aromatic nitrogens is 1. The standard InChI is InChI=1S/C17H22N2O2S/c1-16(2)10-7-8-17(9-10,13(16)20)14(21)19-15-18-11-5-3-4-6-12(11)22-15/h10H,3-9H2,1-2H3,(H,18,19,21). The van der Waals surface area contributed by atoms with E-state index in [1.165, 1.54) is 17.7 Å². The van der Waals surface area contributed by atoms with Gasteiger partial charge >= 0.3 is 0 Å². The van der Waals surface area contributed by atoms with Crippen LogP contribution in [0.2, 0.25) is 0 Å². The van der Waals surface area contributed by atoms with Gasteiger partial charge in [-0.3, -0.25) is 9.59 Å². The number of nitrogens with one attached hydrogen (secondary N) is 1. The molecule has 0 aliphatic heterocycles. The van der Waals surface area contributed by atoms with Crippen LogP contribution in [0.15, 0.2) is 0 Å². The van der Waals surface area contributed by atoms with E-state index >= 15 is 0 Å². The van der Waals surface area contributed by atoms with Crippen molar-refractivity contribution < 1.29 is 9.59 Å². The van der Waals surface area contributed by atoms with E-state index in [-0.39, 0.29) is 17.1 Å². The van der Waals surface area contributed by atoms with Crippen molar-refractivity contribution in [3.63, 3.8) is 0 Å². The predicted octanol–water partition coefficient (Wildman–Crippen LogP) is 3.36. The highest BCUT2D eigenvalue weighted by atomic mass is 32.1. The first-order valence-electron chi connectivity index (χ1n) is 8.28. The molecule has 0 radical (unpaired) electrons. The van der Waals surface area contributed by atoms with Gasteiger partial charge < -0.3 is 5.32 Å². The Balaban J connectivity index is 1.58. The Labute approximate surface area is 134 Å². The summed E-state index contributed by atoms with van der Waals surface area (Å²) >= 11 is 1.59. The second-order valence-electron chi connectivity index (χ2n) is 7.62. The van der Waals surface area contributed by atoms with Gasteiger partial charge in [0.2, 0.25) is 5.91 Å². The lowest BCUT2D eigenvalue weighted by molar-refractivity contribution is -0.142. The Morgan fingerprint density at radius 2 is 2.09 bits per heavy atom. The SMILES string of the molecule is CC1(C)C(=O)C2(C(=O)Nc3nc4c(s3)CCCC4)CCC1C2. The fourth-order valence-corrected chi connectivity index (χ4v) is 5.65. The van der Waals surface area contributed by atoms with E-state index in [0.717, 1.165) is 31.4 Å². The fraction of sp³-hybridized carbons (Fsp3) is 0.706. The van der Waals surface area contributed by atoms with Crippen molar-refractivity contribution in [1.82, 2.24) is 4.98 Å². The van der Waals surface area contributed by atoms with Crippen LogP contribution >= 0.6 is 11.3 Å². The van der Waals surface area contributed by atoms with Crippen LogP contribution in [0.1, 0.15) is 56.5 Å². The lowest BCUT2D eigenvalue weighted by atomic mass is 9.70. The number of amides is 1. The third kappa shape index (κ3) is 1.84. The van der Waals surface area contributed by atoms with Gasteiger partial charge in [0.15, 0.2) is 10.9 Å². The number of hydrogen-bond donors (Lipinski definition) is 1. The molecule has 1 amide bonds. The van der Waals surface area contributed by atoms with E-state index in [9.17, 15) is 9.59 Å². The maximum absolute atomic E-state index is 12.8. The maximum Gasteiger partial charge on any atom is 0.239 e. The lowest BCUT2D eigenvalue weighted by Gasteiger charge is -2.32. The van der Waals surface area contributed by atoms with Crippen molar-refractivity contribution in [2.24, 2.45) is 16.7 Å². The number of Topliss-reactive ketones (excluding diaryl/α,β-unsaturated/α-hetero) is 1. The largest absolute Gasteiger partial charge is 0.301 e. The number of rotatable bonds is 2. The predicted molar refractivity (Wildman–Crippen MR) is 85.9 cm³/mol. The zero-order valence-corrected chi connectivity index (χ0v) is 14.0. The van der Waals surface area contributed by atoms with Crippen molar-refractivity contribution in [2.45, 2.75) is 58.8 Å². The maximum atomic E-state index is 12.8. The van der Waals surface area contributed by atoms with Crippen LogP contribution in [0, 0.1) is 16.7 Å². The van der Waals surface area contributed by atoms with Crippen molar-refractivity contribution in [3.05, 3.63) is 10.6 Å². The van der Waals surface area contributed by atoms with E-state index < -0.39 is 5.41 Å². The summed E-state index contributed by atoms with van der Waals surface area (Å²) in [6.07, 6.45) is 6.89. The summed E-state index contributed by atoms with van der Waals surface area (Å²) < 4.78 is 0. The average molecular weight is 318 g/mol. The van der Waals surface area contributed by atoms with Crippen LogP contribution in [0.3, 0.4) is 0 Å². The Kier molecular flexibility index (Phi) is 3.03. The molecule has 22 heavy (non-hydrogen) atoms. The minimum Gasteiger partial charge on any atom is -0.301 e. The molecule has 2 fully saturated rings. The molecule has 1 aromatic heterocycles. The average Bonchev–Trinajstić information content (AvgIpc) is 3.14. The molecule has 2 unspecified atom stereocenters. The molecule has 3 aliphatic rings. The molecule has 4 nitrogen and oxygen atoms in total. The van der Waals surface area contributed by atoms with Gasteiger partial charge in [0.25, 0.3) is 0 Å². The highest BCUT2D eigenvalue weighted by Gasteiger charge is 2.65. The first kappa shape index (κ1) is 14.4. The molecule has 4 rings (SSSR count). The Morgan fingerprint density at radius 3 is 2.77 bits per heavy atom. The molecule has 1 heterocycles. The van der Waals surface area contributed by atoms with Crippen LogP contribution in [0.4, 0.5) is 5.13 Å². The topological polar surface area (TPSA) is 59.1 Å². The fourth-order valence-electron chi connectivity index (χ4n) is 4.60. The molecule has 3 aliphatic carbocycles. The molecule has 118 valence electrons. The highest BCUT2D eigenvalue weighted by Crippen LogP contribution is 2.60. The molecule has 2 atom stereocenters. The second kappa shape index (κ2) is 4.63. The Morgan fingerprint density at radius 1 is 1.32 bits per heavy atom. The summed E-state index contributed by atoms with van der Waals surface area (Å²) in [5.41, 5.74) is 0.00401. The molecule has 2 bridgehead atoms. The summed E-state index contributed by atoms with van der Waals surface area (Å²) in [6.45, 7) is 3.99. The summed E-state index contributed by atoms with van der Waals surface area (Å²) in [5.74, 6) is 0.377.